The summed E-state index contributed by atoms with van der Waals surface area (Å²) in [6.07, 6.45) is 3.67. The maximum atomic E-state index is 14.8. The highest BCUT2D eigenvalue weighted by atomic mass is 19.1. The van der Waals surface area contributed by atoms with Crippen LogP contribution in [0.1, 0.15) is 44.4 Å². The van der Waals surface area contributed by atoms with Gasteiger partial charge in [-0.1, -0.05) is 6.08 Å². The predicted octanol–water partition coefficient (Wildman–Crippen LogP) is 5.81. The minimum Gasteiger partial charge on any atom is -0.363 e. The summed E-state index contributed by atoms with van der Waals surface area (Å²) in [6, 6.07) is 7.83. The fraction of sp³-hybridized carbons (Fsp3) is 0.318. The molecule has 0 amide bonds. The lowest BCUT2D eigenvalue weighted by Gasteiger charge is -2.42. The molecule has 5 nitrogen and oxygen atoms in total. The second-order valence-electron chi connectivity index (χ2n) is 7.60. The molecule has 0 aliphatic carbocycles. The van der Waals surface area contributed by atoms with Crippen molar-refractivity contribution >= 4 is 28.8 Å². The minimum atomic E-state index is -0.445. The molecule has 28 heavy (non-hydrogen) atoms. The zero-order valence-electron chi connectivity index (χ0n) is 16.8. The van der Waals surface area contributed by atoms with E-state index in [4.69, 9.17) is 0 Å². The molecular weight excluding hydrogens is 357 g/mol. The number of non-ortho nitro benzene ring substituents is 1. The van der Waals surface area contributed by atoms with Gasteiger partial charge in [0, 0.05) is 41.7 Å². The summed E-state index contributed by atoms with van der Waals surface area (Å²) in [7, 11) is 0. The van der Waals surface area contributed by atoms with E-state index >= 15 is 0 Å². The van der Waals surface area contributed by atoms with Crippen LogP contribution in [0.2, 0.25) is 0 Å². The van der Waals surface area contributed by atoms with Gasteiger partial charge in [-0.2, -0.15) is 0 Å². The molecular formula is C22H24FN3O2. The van der Waals surface area contributed by atoms with Crippen LogP contribution in [0.15, 0.2) is 41.4 Å². The van der Waals surface area contributed by atoms with Crippen molar-refractivity contribution in [3.63, 3.8) is 0 Å². The number of benzene rings is 2. The van der Waals surface area contributed by atoms with Crippen LogP contribution in [-0.2, 0) is 0 Å². The Kier molecular flexibility index (Phi) is 5.06. The number of rotatable bonds is 4. The van der Waals surface area contributed by atoms with Gasteiger partial charge in [0.2, 0.25) is 0 Å². The summed E-state index contributed by atoms with van der Waals surface area (Å²) in [5, 5.41) is 10.9. The van der Waals surface area contributed by atoms with Crippen LogP contribution >= 0.6 is 0 Å². The Morgan fingerprint density at radius 3 is 2.57 bits per heavy atom. The van der Waals surface area contributed by atoms with E-state index in [-0.39, 0.29) is 17.0 Å². The number of nitro groups is 1. The summed E-state index contributed by atoms with van der Waals surface area (Å²) >= 11 is 0. The van der Waals surface area contributed by atoms with Crippen molar-refractivity contribution in [1.29, 1.82) is 0 Å². The highest BCUT2D eigenvalue weighted by molar-refractivity contribution is 5.89. The van der Waals surface area contributed by atoms with E-state index in [1.807, 2.05) is 13.0 Å². The molecule has 0 bridgehead atoms. The highest BCUT2D eigenvalue weighted by Gasteiger charge is 2.30. The van der Waals surface area contributed by atoms with Gasteiger partial charge in [0.15, 0.2) is 0 Å². The smallest absolute Gasteiger partial charge is 0.269 e. The fourth-order valence-electron chi connectivity index (χ4n) is 3.83. The van der Waals surface area contributed by atoms with Crippen LogP contribution < -0.4 is 4.90 Å². The van der Waals surface area contributed by atoms with Gasteiger partial charge >= 0.3 is 0 Å². The van der Waals surface area contributed by atoms with E-state index < -0.39 is 4.92 Å². The van der Waals surface area contributed by atoms with E-state index in [2.05, 4.69) is 36.7 Å². The van der Waals surface area contributed by atoms with Crippen LogP contribution in [0.4, 0.5) is 21.5 Å². The number of anilines is 1. The molecule has 0 radical (unpaired) electrons. The second kappa shape index (κ2) is 7.19. The molecule has 0 spiro atoms. The zero-order chi connectivity index (χ0) is 20.6. The molecule has 1 aliphatic rings. The molecule has 0 saturated carbocycles. The normalized spacial score (nSPS) is 15.5. The van der Waals surface area contributed by atoms with E-state index in [9.17, 15) is 14.5 Å². The summed E-state index contributed by atoms with van der Waals surface area (Å²) in [6.45, 7) is 10.9. The number of hydrogen-bond acceptors (Lipinski definition) is 4. The van der Waals surface area contributed by atoms with Gasteiger partial charge in [-0.3, -0.25) is 15.1 Å². The molecule has 1 aliphatic heterocycles. The molecule has 0 aromatic heterocycles. The molecule has 0 fully saturated rings. The Labute approximate surface area is 164 Å². The SMILES string of the molecule is CCN1c2cc(F)c(C=Nc3ccc([N+](=O)[O-])cc3C)cc2C(C)=CC1(C)C. The van der Waals surface area contributed by atoms with Gasteiger partial charge in [0.05, 0.1) is 16.1 Å². The number of nitrogens with zero attached hydrogens (tertiary/aromatic N) is 3. The Hall–Kier alpha value is -3.02. The number of fused-ring (bicyclic) bond motifs is 1. The topological polar surface area (TPSA) is 58.7 Å². The first-order chi connectivity index (χ1) is 13.1. The van der Waals surface area contributed by atoms with Crippen molar-refractivity contribution in [3.8, 4) is 0 Å². The third-order valence-corrected chi connectivity index (χ3v) is 5.15. The lowest BCUT2D eigenvalue weighted by molar-refractivity contribution is -0.384. The summed E-state index contributed by atoms with van der Waals surface area (Å²) in [4.78, 5) is 17.0. The van der Waals surface area contributed by atoms with Crippen molar-refractivity contribution in [3.05, 3.63) is 69.0 Å². The minimum absolute atomic E-state index is 0.0134. The lowest BCUT2D eigenvalue weighted by Crippen LogP contribution is -2.45. The van der Waals surface area contributed by atoms with Gasteiger partial charge in [-0.25, -0.2) is 4.39 Å². The van der Waals surface area contributed by atoms with Crippen molar-refractivity contribution < 1.29 is 9.31 Å². The number of aliphatic imine (C=N–C) groups is 1. The number of nitro benzene ring substituents is 1. The van der Waals surface area contributed by atoms with Gasteiger partial charge in [0.1, 0.15) is 5.82 Å². The lowest BCUT2D eigenvalue weighted by atomic mass is 9.88. The fourth-order valence-corrected chi connectivity index (χ4v) is 3.83. The molecule has 0 unspecified atom stereocenters. The van der Waals surface area contributed by atoms with Gasteiger partial charge in [0.25, 0.3) is 5.69 Å². The molecule has 1 heterocycles. The van der Waals surface area contributed by atoms with Crippen LogP contribution in [0.5, 0.6) is 0 Å². The van der Waals surface area contributed by atoms with E-state index in [1.165, 1.54) is 18.3 Å². The third kappa shape index (κ3) is 3.54. The average Bonchev–Trinajstić information content (AvgIpc) is 2.60. The van der Waals surface area contributed by atoms with E-state index in [0.717, 1.165) is 23.4 Å². The molecule has 0 N–H and O–H groups in total. The zero-order valence-corrected chi connectivity index (χ0v) is 16.8. The largest absolute Gasteiger partial charge is 0.363 e. The maximum absolute atomic E-state index is 14.8. The molecule has 0 atom stereocenters. The highest BCUT2D eigenvalue weighted by Crippen LogP contribution is 2.39. The van der Waals surface area contributed by atoms with Crippen LogP contribution in [-0.4, -0.2) is 23.2 Å². The van der Waals surface area contributed by atoms with E-state index in [0.29, 0.717) is 16.8 Å². The van der Waals surface area contributed by atoms with Gasteiger partial charge in [-0.05, 0) is 64.0 Å². The van der Waals surface area contributed by atoms with Gasteiger partial charge < -0.3 is 4.90 Å². The monoisotopic (exact) mass is 381 g/mol. The Balaban J connectivity index is 2.00. The summed E-state index contributed by atoms with van der Waals surface area (Å²) in [5.41, 5.74) is 4.44. The summed E-state index contributed by atoms with van der Waals surface area (Å²) in [5.74, 6) is -0.342. The second-order valence-corrected chi connectivity index (χ2v) is 7.60. The molecule has 0 saturated heterocycles. The number of allylic oxidation sites excluding steroid dienone is 1. The number of hydrogen-bond donors (Lipinski definition) is 0. The van der Waals surface area contributed by atoms with Crippen LogP contribution in [0.3, 0.4) is 0 Å². The third-order valence-electron chi connectivity index (χ3n) is 5.15. The van der Waals surface area contributed by atoms with Crippen molar-refractivity contribution in [2.45, 2.75) is 40.2 Å². The Morgan fingerprint density at radius 1 is 1.25 bits per heavy atom. The van der Waals surface area contributed by atoms with Crippen LogP contribution in [0.25, 0.3) is 5.57 Å². The standard InChI is InChI=1S/C22H24FN3O2/c1-6-25-21-11-19(23)16(10-18(21)15(3)12-22(25,4)5)13-24-20-8-7-17(26(27)28)9-14(20)2/h7-13H,6H2,1-5H3. The number of likely N-dealkylation sites (N-methyl/N-ethyl adjacent to an activating group) is 1. The Bertz CT molecular complexity index is 1010. The van der Waals surface area contributed by atoms with E-state index in [1.54, 1.807) is 19.1 Å². The van der Waals surface area contributed by atoms with Crippen molar-refractivity contribution in [1.82, 2.24) is 0 Å². The maximum Gasteiger partial charge on any atom is 0.269 e. The first kappa shape index (κ1) is 19.7. The first-order valence-electron chi connectivity index (χ1n) is 9.24. The summed E-state index contributed by atoms with van der Waals surface area (Å²) < 4.78 is 14.8. The quantitative estimate of drug-likeness (QED) is 0.381. The average molecular weight is 381 g/mol. The van der Waals surface area contributed by atoms with Crippen LogP contribution in [0, 0.1) is 22.9 Å². The molecule has 2 aromatic carbocycles. The Morgan fingerprint density at radius 2 is 1.96 bits per heavy atom. The first-order valence-corrected chi connectivity index (χ1v) is 9.24. The predicted molar refractivity (Wildman–Crippen MR) is 112 cm³/mol. The van der Waals surface area contributed by atoms with Gasteiger partial charge in [-0.15, -0.1) is 0 Å². The molecule has 146 valence electrons. The molecule has 3 rings (SSSR count). The number of aryl methyl sites for hydroxylation is 1. The van der Waals surface area contributed by atoms with Crippen molar-refractivity contribution in [2.24, 2.45) is 4.99 Å². The van der Waals surface area contributed by atoms with Crippen molar-refractivity contribution in [2.75, 3.05) is 11.4 Å². The number of halogens is 1. The molecule has 2 aromatic rings. The molecule has 6 heteroatoms.